The van der Waals surface area contributed by atoms with E-state index in [1.54, 1.807) is 13.0 Å². The van der Waals surface area contributed by atoms with E-state index >= 15 is 0 Å². The first-order chi connectivity index (χ1) is 11.1. The van der Waals surface area contributed by atoms with Crippen LogP contribution in [0.3, 0.4) is 0 Å². The number of hydrogen-bond acceptors (Lipinski definition) is 5. The Hall–Kier alpha value is -2.17. The molecule has 3 atom stereocenters. The van der Waals surface area contributed by atoms with Gasteiger partial charge in [0, 0.05) is 24.8 Å². The van der Waals surface area contributed by atoms with E-state index in [0.717, 1.165) is 18.4 Å². The summed E-state index contributed by atoms with van der Waals surface area (Å²) in [5.74, 6) is -0.623. The van der Waals surface area contributed by atoms with Crippen molar-refractivity contribution in [3.05, 3.63) is 35.1 Å². The van der Waals surface area contributed by atoms with Gasteiger partial charge in [0.15, 0.2) is 5.78 Å². The third-order valence-electron chi connectivity index (χ3n) is 4.99. The molecule has 0 bridgehead atoms. The molecule has 0 amide bonds. The van der Waals surface area contributed by atoms with Gasteiger partial charge in [-0.05, 0) is 42.9 Å². The zero-order valence-corrected chi connectivity index (χ0v) is 14.8. The Morgan fingerprint density at radius 2 is 1.88 bits per heavy atom. The van der Waals surface area contributed by atoms with Crippen LogP contribution in [-0.2, 0) is 23.9 Å². The number of carbonyl (C=O) groups is 3. The van der Waals surface area contributed by atoms with Gasteiger partial charge in [-0.3, -0.25) is 14.4 Å². The summed E-state index contributed by atoms with van der Waals surface area (Å²) in [4.78, 5) is 34.9. The van der Waals surface area contributed by atoms with Crippen LogP contribution in [0.2, 0.25) is 0 Å². The van der Waals surface area contributed by atoms with Crippen molar-refractivity contribution in [3.63, 3.8) is 0 Å². The van der Waals surface area contributed by atoms with Crippen molar-refractivity contribution in [2.75, 3.05) is 0 Å². The number of allylic oxidation sites excluding steroid dienone is 4. The first-order valence-corrected chi connectivity index (χ1v) is 8.16. The number of hydrogen-bond donors (Lipinski definition) is 0. The van der Waals surface area contributed by atoms with Crippen LogP contribution in [0.5, 0.6) is 0 Å². The zero-order valence-electron chi connectivity index (χ0n) is 14.8. The van der Waals surface area contributed by atoms with Crippen LogP contribution in [-0.4, -0.2) is 23.8 Å². The molecule has 0 aliphatic heterocycles. The molecule has 0 N–H and O–H groups in total. The predicted molar refractivity (Wildman–Crippen MR) is 88.8 cm³/mol. The second-order valence-electron chi connectivity index (χ2n) is 6.79. The number of carbonyl (C=O) groups excluding carboxylic acids is 3. The van der Waals surface area contributed by atoms with Gasteiger partial charge in [0.25, 0.3) is 0 Å². The standard InChI is InChI=1S/C19H24O5/c1-11(10-23-13(3)20)15-9-19(5)12(2)6-7-18(24-14(4)21)16(19)8-17(15)22/h8-10,12,18H,6-7H2,1-5H3/b11-10+/t12-,18+,19+/m0/s1. The highest BCUT2D eigenvalue weighted by molar-refractivity contribution is 6.09. The summed E-state index contributed by atoms with van der Waals surface area (Å²) in [6.45, 7) is 8.63. The molecule has 0 heterocycles. The Bertz CT molecular complexity index is 667. The second kappa shape index (κ2) is 6.75. The minimum absolute atomic E-state index is 0.158. The van der Waals surface area contributed by atoms with E-state index in [4.69, 9.17) is 9.47 Å². The van der Waals surface area contributed by atoms with Crippen molar-refractivity contribution in [1.29, 1.82) is 0 Å². The van der Waals surface area contributed by atoms with E-state index in [1.165, 1.54) is 20.1 Å². The quantitative estimate of drug-likeness (QED) is 0.586. The Kier molecular flexibility index (Phi) is 5.11. The summed E-state index contributed by atoms with van der Waals surface area (Å²) < 4.78 is 10.3. The Morgan fingerprint density at radius 3 is 2.46 bits per heavy atom. The Balaban J connectivity index is 2.40. The fourth-order valence-electron chi connectivity index (χ4n) is 3.42. The van der Waals surface area contributed by atoms with E-state index in [0.29, 0.717) is 17.1 Å². The van der Waals surface area contributed by atoms with Gasteiger partial charge >= 0.3 is 11.9 Å². The first kappa shape index (κ1) is 18.2. The molecular formula is C19H24O5. The summed E-state index contributed by atoms with van der Waals surface area (Å²) in [6, 6.07) is 0. The molecule has 0 aromatic carbocycles. The van der Waals surface area contributed by atoms with Gasteiger partial charge in [0.2, 0.25) is 0 Å². The summed E-state index contributed by atoms with van der Waals surface area (Å²) in [5.41, 5.74) is 1.62. The molecule has 0 aromatic rings. The molecule has 0 radical (unpaired) electrons. The van der Waals surface area contributed by atoms with Crippen molar-refractivity contribution in [1.82, 2.24) is 0 Å². The van der Waals surface area contributed by atoms with Crippen LogP contribution >= 0.6 is 0 Å². The average molecular weight is 332 g/mol. The molecule has 0 aromatic heterocycles. The number of esters is 2. The first-order valence-electron chi connectivity index (χ1n) is 8.16. The average Bonchev–Trinajstić information content (AvgIpc) is 2.49. The normalized spacial score (nSPS) is 30.0. The third-order valence-corrected chi connectivity index (χ3v) is 4.99. The SMILES string of the molecule is CC(=O)O/C=C(\C)C1=C[C@@]2(C)C(=CC1=O)[C@H](OC(C)=O)CC[C@@H]2C. The smallest absolute Gasteiger partial charge is 0.307 e. The van der Waals surface area contributed by atoms with Gasteiger partial charge in [-0.2, -0.15) is 0 Å². The monoisotopic (exact) mass is 332 g/mol. The summed E-state index contributed by atoms with van der Waals surface area (Å²) in [6.07, 6.45) is 6.09. The fourth-order valence-corrected chi connectivity index (χ4v) is 3.42. The van der Waals surface area contributed by atoms with Crippen LogP contribution in [0.25, 0.3) is 0 Å². The lowest BCUT2D eigenvalue weighted by molar-refractivity contribution is -0.146. The minimum Gasteiger partial charge on any atom is -0.458 e. The molecule has 5 heteroatoms. The van der Waals surface area contributed by atoms with Crippen molar-refractivity contribution < 1.29 is 23.9 Å². The van der Waals surface area contributed by atoms with Gasteiger partial charge in [-0.15, -0.1) is 0 Å². The van der Waals surface area contributed by atoms with Crippen LogP contribution in [0, 0.1) is 11.3 Å². The van der Waals surface area contributed by atoms with Crippen molar-refractivity contribution >= 4 is 17.7 Å². The van der Waals surface area contributed by atoms with Crippen molar-refractivity contribution in [2.24, 2.45) is 11.3 Å². The van der Waals surface area contributed by atoms with E-state index in [9.17, 15) is 14.4 Å². The molecular weight excluding hydrogens is 308 g/mol. The maximum atomic E-state index is 12.5. The summed E-state index contributed by atoms with van der Waals surface area (Å²) in [7, 11) is 0. The summed E-state index contributed by atoms with van der Waals surface area (Å²) >= 11 is 0. The Morgan fingerprint density at radius 1 is 1.21 bits per heavy atom. The Labute approximate surface area is 142 Å². The van der Waals surface area contributed by atoms with Crippen LogP contribution < -0.4 is 0 Å². The van der Waals surface area contributed by atoms with E-state index < -0.39 is 5.97 Å². The number of ketones is 1. The molecule has 1 fully saturated rings. The lowest BCUT2D eigenvalue weighted by Crippen LogP contribution is -2.41. The van der Waals surface area contributed by atoms with Gasteiger partial charge in [0.05, 0.1) is 6.26 Å². The molecule has 2 aliphatic rings. The highest BCUT2D eigenvalue weighted by atomic mass is 16.5. The summed E-state index contributed by atoms with van der Waals surface area (Å²) in [5, 5.41) is 0. The topological polar surface area (TPSA) is 69.7 Å². The molecule has 1 saturated carbocycles. The van der Waals surface area contributed by atoms with Crippen LogP contribution in [0.15, 0.2) is 35.1 Å². The molecule has 0 saturated heterocycles. The van der Waals surface area contributed by atoms with E-state index in [1.807, 2.05) is 6.08 Å². The van der Waals surface area contributed by atoms with Crippen LogP contribution in [0.1, 0.15) is 47.5 Å². The molecule has 2 aliphatic carbocycles. The largest absolute Gasteiger partial charge is 0.458 e. The third kappa shape index (κ3) is 3.50. The van der Waals surface area contributed by atoms with Crippen molar-refractivity contribution in [3.8, 4) is 0 Å². The number of ether oxygens (including phenoxy) is 2. The zero-order chi connectivity index (χ0) is 18.1. The number of fused-ring (bicyclic) bond motifs is 1. The molecule has 2 rings (SSSR count). The molecule has 24 heavy (non-hydrogen) atoms. The molecule has 5 nitrogen and oxygen atoms in total. The molecule has 0 unspecified atom stereocenters. The van der Waals surface area contributed by atoms with Crippen molar-refractivity contribution in [2.45, 2.75) is 53.6 Å². The van der Waals surface area contributed by atoms with Gasteiger partial charge in [-0.1, -0.05) is 19.9 Å². The van der Waals surface area contributed by atoms with Gasteiger partial charge < -0.3 is 9.47 Å². The van der Waals surface area contributed by atoms with Gasteiger partial charge in [-0.25, -0.2) is 0 Å². The second-order valence-corrected chi connectivity index (χ2v) is 6.79. The molecule has 0 spiro atoms. The predicted octanol–water partition coefficient (Wildman–Crippen LogP) is 3.26. The van der Waals surface area contributed by atoms with E-state index in [2.05, 4.69) is 13.8 Å². The van der Waals surface area contributed by atoms with E-state index in [-0.39, 0.29) is 23.3 Å². The van der Waals surface area contributed by atoms with Crippen LogP contribution in [0.4, 0.5) is 0 Å². The highest BCUT2D eigenvalue weighted by Crippen LogP contribution is 2.50. The lowest BCUT2D eigenvalue weighted by atomic mass is 9.61. The van der Waals surface area contributed by atoms with Gasteiger partial charge in [0.1, 0.15) is 6.10 Å². The number of rotatable bonds is 3. The highest BCUT2D eigenvalue weighted by Gasteiger charge is 2.45. The maximum Gasteiger partial charge on any atom is 0.307 e. The fraction of sp³-hybridized carbons (Fsp3) is 0.526. The lowest BCUT2D eigenvalue weighted by Gasteiger charge is -2.45. The molecule has 130 valence electrons. The maximum absolute atomic E-state index is 12.5. The minimum atomic E-state index is -0.429.